The number of aromatic nitrogens is 4. The number of nitrogens with zero attached hydrogens (tertiary/aromatic N) is 4. The van der Waals surface area contributed by atoms with Crippen LogP contribution in [0.1, 0.15) is 50.8 Å². The van der Waals surface area contributed by atoms with Crippen LogP contribution in [0, 0.1) is 0 Å². The zero-order valence-electron chi connectivity index (χ0n) is 8.11. The minimum Gasteiger partial charge on any atom is -0.229 e. The van der Waals surface area contributed by atoms with E-state index < -0.39 is 0 Å². The highest BCUT2D eigenvalue weighted by Gasteiger charge is 2.22. The molecule has 72 valence electrons. The van der Waals surface area contributed by atoms with Gasteiger partial charge in [-0.3, -0.25) is 0 Å². The molecule has 0 amide bonds. The largest absolute Gasteiger partial charge is 0.229 e. The van der Waals surface area contributed by atoms with Gasteiger partial charge in [0.15, 0.2) is 5.82 Å². The van der Waals surface area contributed by atoms with Crippen LogP contribution >= 0.6 is 0 Å². The lowest BCUT2D eigenvalue weighted by molar-refractivity contribution is 0.522. The molecule has 1 heterocycles. The van der Waals surface area contributed by atoms with Crippen molar-refractivity contribution in [3.05, 3.63) is 5.82 Å². The Balaban J connectivity index is 2.13. The summed E-state index contributed by atoms with van der Waals surface area (Å²) in [5.74, 6) is 1.74. The lowest BCUT2D eigenvalue weighted by Gasteiger charge is -2.07. The van der Waals surface area contributed by atoms with Crippen molar-refractivity contribution in [1.29, 1.82) is 0 Å². The van der Waals surface area contributed by atoms with Crippen molar-refractivity contribution in [1.82, 2.24) is 20.2 Å². The second-order valence-corrected chi connectivity index (χ2v) is 3.74. The van der Waals surface area contributed by atoms with E-state index >= 15 is 0 Å². The topological polar surface area (TPSA) is 43.6 Å². The molecule has 1 aliphatic rings. The van der Waals surface area contributed by atoms with Gasteiger partial charge in [-0.2, -0.15) is 0 Å². The van der Waals surface area contributed by atoms with E-state index in [1.165, 1.54) is 25.7 Å². The molecule has 0 spiro atoms. The van der Waals surface area contributed by atoms with E-state index in [4.69, 9.17) is 0 Å². The van der Waals surface area contributed by atoms with E-state index in [9.17, 15) is 0 Å². The Hall–Kier alpha value is -0.930. The van der Waals surface area contributed by atoms with E-state index in [1.54, 1.807) is 0 Å². The van der Waals surface area contributed by atoms with Crippen LogP contribution in [0.15, 0.2) is 0 Å². The molecule has 0 radical (unpaired) electrons. The normalized spacial score (nSPS) is 18.2. The van der Waals surface area contributed by atoms with Gasteiger partial charge >= 0.3 is 0 Å². The summed E-state index contributed by atoms with van der Waals surface area (Å²) in [7, 11) is 0. The number of hydrogen-bond acceptors (Lipinski definition) is 3. The SMILES string of the molecule is CCCn1nnnc1C1CCCC1. The number of tetrazole rings is 1. The average Bonchev–Trinajstić information content (AvgIpc) is 2.71. The van der Waals surface area contributed by atoms with Crippen LogP contribution in [-0.4, -0.2) is 20.2 Å². The first-order valence-corrected chi connectivity index (χ1v) is 5.18. The Morgan fingerprint density at radius 1 is 1.38 bits per heavy atom. The number of aryl methyl sites for hydroxylation is 1. The third-order valence-electron chi connectivity index (χ3n) is 2.72. The van der Waals surface area contributed by atoms with Crippen LogP contribution < -0.4 is 0 Å². The van der Waals surface area contributed by atoms with Crippen molar-refractivity contribution in [3.8, 4) is 0 Å². The van der Waals surface area contributed by atoms with Crippen LogP contribution in [-0.2, 0) is 6.54 Å². The van der Waals surface area contributed by atoms with Crippen LogP contribution in [0.3, 0.4) is 0 Å². The molecule has 0 unspecified atom stereocenters. The highest BCUT2D eigenvalue weighted by atomic mass is 15.5. The molecule has 4 nitrogen and oxygen atoms in total. The van der Waals surface area contributed by atoms with E-state index in [-0.39, 0.29) is 0 Å². The van der Waals surface area contributed by atoms with E-state index in [0.29, 0.717) is 5.92 Å². The van der Waals surface area contributed by atoms with Gasteiger partial charge in [0.05, 0.1) is 0 Å². The molecule has 1 fully saturated rings. The molecular formula is C9H16N4. The first-order chi connectivity index (χ1) is 6.42. The molecule has 2 rings (SSSR count). The summed E-state index contributed by atoms with van der Waals surface area (Å²) < 4.78 is 1.97. The number of rotatable bonds is 3. The average molecular weight is 180 g/mol. The van der Waals surface area contributed by atoms with Crippen molar-refractivity contribution in [2.45, 2.75) is 51.5 Å². The molecule has 0 N–H and O–H groups in total. The lowest BCUT2D eigenvalue weighted by atomic mass is 10.1. The molecule has 1 aliphatic carbocycles. The van der Waals surface area contributed by atoms with Crippen molar-refractivity contribution in [2.75, 3.05) is 0 Å². The molecule has 4 heteroatoms. The molecule has 0 bridgehead atoms. The summed E-state index contributed by atoms with van der Waals surface area (Å²) in [5, 5.41) is 11.9. The van der Waals surface area contributed by atoms with Gasteiger partial charge < -0.3 is 0 Å². The Kier molecular flexibility index (Phi) is 2.57. The summed E-state index contributed by atoms with van der Waals surface area (Å²) >= 11 is 0. The highest BCUT2D eigenvalue weighted by Crippen LogP contribution is 2.32. The van der Waals surface area contributed by atoms with Gasteiger partial charge in [0.25, 0.3) is 0 Å². The fourth-order valence-electron chi connectivity index (χ4n) is 2.06. The molecular weight excluding hydrogens is 164 g/mol. The van der Waals surface area contributed by atoms with Gasteiger partial charge in [0.1, 0.15) is 0 Å². The molecule has 0 saturated heterocycles. The Morgan fingerprint density at radius 3 is 2.85 bits per heavy atom. The molecule has 0 aromatic carbocycles. The number of hydrogen-bond donors (Lipinski definition) is 0. The first-order valence-electron chi connectivity index (χ1n) is 5.18. The van der Waals surface area contributed by atoms with Crippen LogP contribution in [0.5, 0.6) is 0 Å². The zero-order valence-corrected chi connectivity index (χ0v) is 8.11. The third-order valence-corrected chi connectivity index (χ3v) is 2.72. The summed E-state index contributed by atoms with van der Waals surface area (Å²) in [6, 6.07) is 0. The smallest absolute Gasteiger partial charge is 0.154 e. The van der Waals surface area contributed by atoms with E-state index in [0.717, 1.165) is 18.8 Å². The molecule has 1 aromatic heterocycles. The third kappa shape index (κ3) is 1.71. The van der Waals surface area contributed by atoms with Gasteiger partial charge in [0, 0.05) is 12.5 Å². The van der Waals surface area contributed by atoms with Gasteiger partial charge in [0.2, 0.25) is 0 Å². The summed E-state index contributed by atoms with van der Waals surface area (Å²) in [6.45, 7) is 3.11. The second-order valence-electron chi connectivity index (χ2n) is 3.74. The highest BCUT2D eigenvalue weighted by molar-refractivity contribution is 4.96. The molecule has 1 saturated carbocycles. The zero-order chi connectivity index (χ0) is 9.10. The second kappa shape index (κ2) is 3.85. The summed E-state index contributed by atoms with van der Waals surface area (Å²) in [6.07, 6.45) is 6.31. The van der Waals surface area contributed by atoms with E-state index in [1.807, 2.05) is 4.68 Å². The minimum absolute atomic E-state index is 0.626. The van der Waals surface area contributed by atoms with Crippen LogP contribution in [0.25, 0.3) is 0 Å². The van der Waals surface area contributed by atoms with Gasteiger partial charge in [-0.1, -0.05) is 19.8 Å². The Morgan fingerprint density at radius 2 is 2.15 bits per heavy atom. The van der Waals surface area contributed by atoms with Gasteiger partial charge in [-0.25, -0.2) is 4.68 Å². The maximum absolute atomic E-state index is 4.12. The fourth-order valence-corrected chi connectivity index (χ4v) is 2.06. The van der Waals surface area contributed by atoms with Crippen LogP contribution in [0.2, 0.25) is 0 Å². The standard InChI is InChI=1S/C9H16N4/c1-2-7-13-9(10-11-12-13)8-5-3-4-6-8/h8H,2-7H2,1H3. The van der Waals surface area contributed by atoms with Gasteiger partial charge in [-0.15, -0.1) is 5.10 Å². The fraction of sp³-hybridized carbons (Fsp3) is 0.889. The Bertz CT molecular complexity index is 262. The van der Waals surface area contributed by atoms with Crippen molar-refractivity contribution < 1.29 is 0 Å². The molecule has 0 atom stereocenters. The maximum Gasteiger partial charge on any atom is 0.154 e. The van der Waals surface area contributed by atoms with Crippen molar-refractivity contribution >= 4 is 0 Å². The van der Waals surface area contributed by atoms with Crippen molar-refractivity contribution in [3.63, 3.8) is 0 Å². The van der Waals surface area contributed by atoms with Crippen molar-refractivity contribution in [2.24, 2.45) is 0 Å². The molecule has 1 aromatic rings. The molecule has 13 heavy (non-hydrogen) atoms. The maximum atomic E-state index is 4.12. The van der Waals surface area contributed by atoms with Crippen LogP contribution in [0.4, 0.5) is 0 Å². The first kappa shape index (κ1) is 8.66. The summed E-state index contributed by atoms with van der Waals surface area (Å²) in [5.41, 5.74) is 0. The summed E-state index contributed by atoms with van der Waals surface area (Å²) in [4.78, 5) is 0. The van der Waals surface area contributed by atoms with Gasteiger partial charge in [-0.05, 0) is 29.7 Å². The molecule has 0 aliphatic heterocycles. The Labute approximate surface area is 78.3 Å². The lowest BCUT2D eigenvalue weighted by Crippen LogP contribution is -2.08. The predicted molar refractivity (Wildman–Crippen MR) is 49.3 cm³/mol. The predicted octanol–water partition coefficient (Wildman–Crippen LogP) is 1.74. The monoisotopic (exact) mass is 180 g/mol. The quantitative estimate of drug-likeness (QED) is 0.711. The van der Waals surface area contributed by atoms with E-state index in [2.05, 4.69) is 22.4 Å². The minimum atomic E-state index is 0.626.